The van der Waals surface area contributed by atoms with E-state index >= 15 is 0 Å². The Balaban J connectivity index is 1.43. The van der Waals surface area contributed by atoms with Crippen LogP contribution < -0.4 is 5.32 Å². The molecule has 0 aliphatic carbocycles. The molecule has 3 rings (SSSR count). The van der Waals surface area contributed by atoms with Crippen molar-refractivity contribution in [2.45, 2.75) is 13.1 Å². The Labute approximate surface area is 164 Å². The van der Waals surface area contributed by atoms with Gasteiger partial charge >= 0.3 is 0 Å². The number of thiocarbonyl (C=S) groups is 1. The van der Waals surface area contributed by atoms with Gasteiger partial charge in [0.05, 0.1) is 0 Å². The minimum atomic E-state index is 0.721. The summed E-state index contributed by atoms with van der Waals surface area (Å²) in [6.45, 7) is 5.52. The summed E-state index contributed by atoms with van der Waals surface area (Å²) in [7, 11) is 0. The molecule has 1 N–H and O–H groups in total. The normalized spacial score (nSPS) is 15.2. The molecule has 0 atom stereocenters. The van der Waals surface area contributed by atoms with E-state index in [0.717, 1.165) is 54.4 Å². The molecule has 132 valence electrons. The van der Waals surface area contributed by atoms with Crippen LogP contribution in [0.15, 0.2) is 48.5 Å². The Morgan fingerprint density at radius 3 is 2.32 bits per heavy atom. The predicted molar refractivity (Wildman–Crippen MR) is 109 cm³/mol. The molecule has 0 unspecified atom stereocenters. The molecule has 0 bridgehead atoms. The summed E-state index contributed by atoms with van der Waals surface area (Å²) in [4.78, 5) is 4.67. The Morgan fingerprint density at radius 1 is 0.920 bits per heavy atom. The average molecular weight is 394 g/mol. The second-order valence-corrected chi connectivity index (χ2v) is 7.44. The minimum absolute atomic E-state index is 0.721. The average Bonchev–Trinajstić information content (AvgIpc) is 2.62. The van der Waals surface area contributed by atoms with Gasteiger partial charge < -0.3 is 10.2 Å². The molecular weight excluding hydrogens is 373 g/mol. The van der Waals surface area contributed by atoms with Crippen molar-refractivity contribution in [3.63, 3.8) is 0 Å². The molecule has 1 aliphatic heterocycles. The number of hydrogen-bond donors (Lipinski definition) is 1. The number of benzene rings is 2. The summed E-state index contributed by atoms with van der Waals surface area (Å²) in [5, 5.41) is 5.70. The summed E-state index contributed by atoms with van der Waals surface area (Å²) in [6, 6.07) is 15.9. The molecule has 1 fully saturated rings. The zero-order valence-corrected chi connectivity index (χ0v) is 16.2. The van der Waals surface area contributed by atoms with E-state index in [0.29, 0.717) is 0 Å². The van der Waals surface area contributed by atoms with Crippen LogP contribution >= 0.6 is 35.4 Å². The van der Waals surface area contributed by atoms with Gasteiger partial charge in [-0.1, -0.05) is 47.5 Å². The van der Waals surface area contributed by atoms with Crippen LogP contribution in [0.2, 0.25) is 10.0 Å². The zero-order valence-electron chi connectivity index (χ0n) is 13.9. The summed E-state index contributed by atoms with van der Waals surface area (Å²) in [5.41, 5.74) is 2.43. The van der Waals surface area contributed by atoms with Crippen LogP contribution in [0.4, 0.5) is 0 Å². The molecule has 0 saturated carbocycles. The highest BCUT2D eigenvalue weighted by molar-refractivity contribution is 7.80. The first-order valence-electron chi connectivity index (χ1n) is 8.34. The van der Waals surface area contributed by atoms with E-state index in [1.54, 1.807) is 0 Å². The SMILES string of the molecule is S=C(NCc1ccc(Cl)cc1)N1CCN(Cc2cccc(Cl)c2)CC1. The molecule has 25 heavy (non-hydrogen) atoms. The van der Waals surface area contributed by atoms with Crippen molar-refractivity contribution in [3.05, 3.63) is 69.7 Å². The van der Waals surface area contributed by atoms with Gasteiger partial charge in [-0.25, -0.2) is 0 Å². The number of nitrogens with one attached hydrogen (secondary N) is 1. The summed E-state index contributed by atoms with van der Waals surface area (Å²) < 4.78 is 0. The maximum absolute atomic E-state index is 6.06. The van der Waals surface area contributed by atoms with Gasteiger partial charge in [-0.2, -0.15) is 0 Å². The second kappa shape index (κ2) is 8.86. The molecule has 2 aromatic rings. The fourth-order valence-corrected chi connectivity index (χ4v) is 3.49. The van der Waals surface area contributed by atoms with Crippen molar-refractivity contribution in [1.29, 1.82) is 0 Å². The van der Waals surface area contributed by atoms with Crippen LogP contribution in [0.5, 0.6) is 0 Å². The summed E-state index contributed by atoms with van der Waals surface area (Å²) in [6.07, 6.45) is 0. The van der Waals surface area contributed by atoms with E-state index in [-0.39, 0.29) is 0 Å². The van der Waals surface area contributed by atoms with Crippen LogP contribution in [-0.2, 0) is 13.1 Å². The highest BCUT2D eigenvalue weighted by Gasteiger charge is 2.18. The van der Waals surface area contributed by atoms with Crippen molar-refractivity contribution in [2.75, 3.05) is 26.2 Å². The van der Waals surface area contributed by atoms with Gasteiger partial charge in [-0.05, 0) is 47.6 Å². The standard InChI is InChI=1S/C19H21Cl2N3S/c20-17-6-4-15(5-7-17)13-22-19(25)24-10-8-23(9-11-24)14-16-2-1-3-18(21)12-16/h1-7,12H,8-11,13-14H2,(H,22,25). The van der Waals surface area contributed by atoms with Gasteiger partial charge in [0.25, 0.3) is 0 Å². The molecule has 0 spiro atoms. The van der Waals surface area contributed by atoms with Crippen LogP contribution in [0.3, 0.4) is 0 Å². The molecule has 0 amide bonds. The van der Waals surface area contributed by atoms with Crippen LogP contribution in [-0.4, -0.2) is 41.1 Å². The molecule has 0 aromatic heterocycles. The number of nitrogens with zero attached hydrogens (tertiary/aromatic N) is 2. The lowest BCUT2D eigenvalue weighted by atomic mass is 10.2. The number of halogens is 2. The maximum Gasteiger partial charge on any atom is 0.169 e. The molecule has 6 heteroatoms. The maximum atomic E-state index is 6.06. The van der Waals surface area contributed by atoms with E-state index in [2.05, 4.69) is 21.2 Å². The van der Waals surface area contributed by atoms with Crippen LogP contribution in [0.1, 0.15) is 11.1 Å². The molecule has 0 radical (unpaired) electrons. The van der Waals surface area contributed by atoms with Gasteiger partial charge in [0.2, 0.25) is 0 Å². The second-order valence-electron chi connectivity index (χ2n) is 6.18. The first-order chi connectivity index (χ1) is 12.1. The minimum Gasteiger partial charge on any atom is -0.358 e. The lowest BCUT2D eigenvalue weighted by molar-refractivity contribution is 0.174. The smallest absolute Gasteiger partial charge is 0.169 e. The third kappa shape index (κ3) is 5.58. The van der Waals surface area contributed by atoms with Crippen molar-refractivity contribution in [2.24, 2.45) is 0 Å². The molecule has 1 heterocycles. The van der Waals surface area contributed by atoms with Gasteiger partial charge in [0.15, 0.2) is 5.11 Å². The van der Waals surface area contributed by atoms with Gasteiger partial charge in [0, 0.05) is 49.3 Å². The number of hydrogen-bond acceptors (Lipinski definition) is 2. The van der Waals surface area contributed by atoms with E-state index in [9.17, 15) is 0 Å². The lowest BCUT2D eigenvalue weighted by Gasteiger charge is -2.36. The Hall–Kier alpha value is -1.33. The fourth-order valence-electron chi connectivity index (χ4n) is 2.89. The van der Waals surface area contributed by atoms with E-state index in [4.69, 9.17) is 35.4 Å². The monoisotopic (exact) mass is 393 g/mol. The summed E-state index contributed by atoms with van der Waals surface area (Å²) >= 11 is 17.5. The van der Waals surface area contributed by atoms with E-state index in [1.165, 1.54) is 11.1 Å². The Kier molecular flexibility index (Phi) is 6.54. The van der Waals surface area contributed by atoms with Gasteiger partial charge in [-0.3, -0.25) is 4.90 Å². The van der Waals surface area contributed by atoms with Crippen molar-refractivity contribution in [3.8, 4) is 0 Å². The fraction of sp³-hybridized carbons (Fsp3) is 0.316. The molecule has 1 saturated heterocycles. The Morgan fingerprint density at radius 2 is 1.64 bits per heavy atom. The van der Waals surface area contributed by atoms with Gasteiger partial charge in [-0.15, -0.1) is 0 Å². The first kappa shape index (κ1) is 18.5. The number of rotatable bonds is 4. The molecule has 3 nitrogen and oxygen atoms in total. The highest BCUT2D eigenvalue weighted by atomic mass is 35.5. The predicted octanol–water partition coefficient (Wildman–Crippen LogP) is 4.19. The zero-order chi connectivity index (χ0) is 17.6. The Bertz CT molecular complexity index is 713. The van der Waals surface area contributed by atoms with Crippen molar-refractivity contribution < 1.29 is 0 Å². The molecular formula is C19H21Cl2N3S. The largest absolute Gasteiger partial charge is 0.358 e. The van der Waals surface area contributed by atoms with Crippen LogP contribution in [0, 0.1) is 0 Å². The summed E-state index contributed by atoms with van der Waals surface area (Å²) in [5.74, 6) is 0. The van der Waals surface area contributed by atoms with Gasteiger partial charge in [0.1, 0.15) is 0 Å². The van der Waals surface area contributed by atoms with E-state index in [1.807, 2.05) is 42.5 Å². The number of piperazine rings is 1. The van der Waals surface area contributed by atoms with E-state index < -0.39 is 0 Å². The first-order valence-corrected chi connectivity index (χ1v) is 9.50. The topological polar surface area (TPSA) is 18.5 Å². The third-order valence-electron chi connectivity index (χ3n) is 4.31. The lowest BCUT2D eigenvalue weighted by Crippen LogP contribution is -2.51. The quantitative estimate of drug-likeness (QED) is 0.784. The van der Waals surface area contributed by atoms with Crippen LogP contribution in [0.25, 0.3) is 0 Å². The highest BCUT2D eigenvalue weighted by Crippen LogP contribution is 2.14. The molecule has 1 aliphatic rings. The van der Waals surface area contributed by atoms with Crippen molar-refractivity contribution >= 4 is 40.5 Å². The van der Waals surface area contributed by atoms with Crippen molar-refractivity contribution in [1.82, 2.24) is 15.1 Å². The third-order valence-corrected chi connectivity index (χ3v) is 5.20. The molecule has 2 aromatic carbocycles.